The Hall–Kier alpha value is -0.220. The standard InChI is InChI=1S/C5H10O3S/c1-3(2)8-4(6)5(7)9/h3,5,7,9H,1-2H3. The molecule has 0 rings (SSSR count). The molecule has 0 aliphatic rings. The molecule has 1 N–H and O–H groups in total. The second kappa shape index (κ2) is 3.74. The molecule has 0 aliphatic heterocycles. The average molecular weight is 150 g/mol. The molecule has 1 atom stereocenters. The van der Waals surface area contributed by atoms with E-state index in [0.717, 1.165) is 0 Å². The molecule has 0 radical (unpaired) electrons. The van der Waals surface area contributed by atoms with Gasteiger partial charge in [0.25, 0.3) is 0 Å². The maximum absolute atomic E-state index is 10.4. The summed E-state index contributed by atoms with van der Waals surface area (Å²) in [6.07, 6.45) is -0.195. The number of ether oxygens (including phenoxy) is 1. The third kappa shape index (κ3) is 4.29. The quantitative estimate of drug-likeness (QED) is 0.335. The fourth-order valence-electron chi connectivity index (χ4n) is 0.293. The van der Waals surface area contributed by atoms with Gasteiger partial charge in [0.2, 0.25) is 0 Å². The van der Waals surface area contributed by atoms with E-state index in [9.17, 15) is 4.79 Å². The molecule has 54 valence electrons. The predicted octanol–water partition coefficient (Wildman–Crippen LogP) is 0.186. The molecule has 0 aliphatic carbocycles. The van der Waals surface area contributed by atoms with Crippen LogP contribution in [0.1, 0.15) is 13.8 Å². The number of carbonyl (C=O) groups excluding carboxylic acids is 1. The van der Waals surface area contributed by atoms with E-state index < -0.39 is 11.4 Å². The number of carbonyl (C=O) groups is 1. The van der Waals surface area contributed by atoms with Crippen molar-refractivity contribution in [1.29, 1.82) is 0 Å². The zero-order chi connectivity index (χ0) is 7.44. The number of hydrogen-bond donors (Lipinski definition) is 2. The Labute approximate surface area is 59.4 Å². The van der Waals surface area contributed by atoms with Crippen LogP contribution in [-0.4, -0.2) is 22.6 Å². The second-order valence-electron chi connectivity index (χ2n) is 1.86. The van der Waals surface area contributed by atoms with E-state index in [2.05, 4.69) is 17.4 Å². The van der Waals surface area contributed by atoms with Crippen LogP contribution in [0.2, 0.25) is 0 Å². The third-order valence-electron chi connectivity index (χ3n) is 0.563. The predicted molar refractivity (Wildman–Crippen MR) is 36.2 cm³/mol. The first-order valence-electron chi connectivity index (χ1n) is 2.60. The number of thiol groups is 1. The van der Waals surface area contributed by atoms with Gasteiger partial charge in [0.15, 0.2) is 5.44 Å². The molecule has 0 aromatic carbocycles. The van der Waals surface area contributed by atoms with E-state index in [-0.39, 0.29) is 6.10 Å². The van der Waals surface area contributed by atoms with Gasteiger partial charge >= 0.3 is 5.97 Å². The number of hydrogen-bond acceptors (Lipinski definition) is 4. The summed E-state index contributed by atoms with van der Waals surface area (Å²) in [5.74, 6) is -0.701. The summed E-state index contributed by atoms with van der Waals surface area (Å²) in [7, 11) is 0. The van der Waals surface area contributed by atoms with Crippen molar-refractivity contribution in [3.63, 3.8) is 0 Å². The minimum atomic E-state index is -1.31. The number of esters is 1. The summed E-state index contributed by atoms with van der Waals surface area (Å²) in [6.45, 7) is 3.40. The highest BCUT2D eigenvalue weighted by atomic mass is 32.1. The van der Waals surface area contributed by atoms with Gasteiger partial charge in [0, 0.05) is 0 Å². The van der Waals surface area contributed by atoms with Crippen molar-refractivity contribution in [1.82, 2.24) is 0 Å². The molecule has 3 nitrogen and oxygen atoms in total. The fourth-order valence-corrected chi connectivity index (χ4v) is 0.354. The Morgan fingerprint density at radius 2 is 2.11 bits per heavy atom. The molecule has 0 spiro atoms. The molecular weight excluding hydrogens is 140 g/mol. The molecular formula is C5H10O3S. The van der Waals surface area contributed by atoms with Crippen molar-refractivity contribution in [3.05, 3.63) is 0 Å². The Kier molecular flexibility index (Phi) is 3.65. The summed E-state index contributed by atoms with van der Waals surface area (Å²) in [5.41, 5.74) is -1.31. The van der Waals surface area contributed by atoms with Crippen molar-refractivity contribution >= 4 is 18.6 Å². The Morgan fingerprint density at radius 3 is 2.22 bits per heavy atom. The van der Waals surface area contributed by atoms with Gasteiger partial charge in [-0.3, -0.25) is 0 Å². The summed E-state index contributed by atoms with van der Waals surface area (Å²) < 4.78 is 4.55. The van der Waals surface area contributed by atoms with Crippen LogP contribution >= 0.6 is 12.6 Å². The lowest BCUT2D eigenvalue weighted by molar-refractivity contribution is -0.152. The summed E-state index contributed by atoms with van der Waals surface area (Å²) in [6, 6.07) is 0. The lowest BCUT2D eigenvalue weighted by atomic mass is 10.5. The van der Waals surface area contributed by atoms with E-state index in [4.69, 9.17) is 5.11 Å². The van der Waals surface area contributed by atoms with Crippen LogP contribution in [0.25, 0.3) is 0 Å². The first-order chi connectivity index (χ1) is 4.04. The zero-order valence-electron chi connectivity index (χ0n) is 5.37. The molecule has 0 aromatic heterocycles. The van der Waals surface area contributed by atoms with E-state index in [1.807, 2.05) is 0 Å². The van der Waals surface area contributed by atoms with Gasteiger partial charge in [-0.2, -0.15) is 0 Å². The smallest absolute Gasteiger partial charge is 0.345 e. The van der Waals surface area contributed by atoms with Gasteiger partial charge in [-0.15, -0.1) is 12.6 Å². The molecule has 9 heavy (non-hydrogen) atoms. The molecule has 0 bridgehead atoms. The maximum Gasteiger partial charge on any atom is 0.345 e. The molecule has 0 aromatic rings. The Bertz CT molecular complexity index is 100. The van der Waals surface area contributed by atoms with E-state index in [1.165, 1.54) is 0 Å². The number of aliphatic hydroxyl groups is 1. The zero-order valence-corrected chi connectivity index (χ0v) is 6.26. The van der Waals surface area contributed by atoms with Crippen molar-refractivity contribution in [2.75, 3.05) is 0 Å². The summed E-state index contributed by atoms with van der Waals surface area (Å²) in [4.78, 5) is 10.4. The second-order valence-corrected chi connectivity index (χ2v) is 2.35. The number of rotatable bonds is 2. The molecule has 0 saturated heterocycles. The van der Waals surface area contributed by atoms with Gasteiger partial charge in [-0.1, -0.05) is 0 Å². The molecule has 0 saturated carbocycles. The molecule has 4 heteroatoms. The fraction of sp³-hybridized carbons (Fsp3) is 0.800. The van der Waals surface area contributed by atoms with Crippen LogP contribution in [0.5, 0.6) is 0 Å². The van der Waals surface area contributed by atoms with Crippen LogP contribution in [0, 0.1) is 0 Å². The maximum atomic E-state index is 10.4. The van der Waals surface area contributed by atoms with Crippen molar-refractivity contribution in [2.24, 2.45) is 0 Å². The van der Waals surface area contributed by atoms with Crippen molar-refractivity contribution in [3.8, 4) is 0 Å². The molecule has 0 fully saturated rings. The average Bonchev–Trinajstić information content (AvgIpc) is 1.63. The van der Waals surface area contributed by atoms with Gasteiger partial charge in [-0.25, -0.2) is 4.79 Å². The highest BCUT2D eigenvalue weighted by Gasteiger charge is 2.11. The van der Waals surface area contributed by atoms with E-state index in [0.29, 0.717) is 0 Å². The van der Waals surface area contributed by atoms with Crippen LogP contribution in [-0.2, 0) is 9.53 Å². The van der Waals surface area contributed by atoms with Crippen LogP contribution in [0.3, 0.4) is 0 Å². The highest BCUT2D eigenvalue weighted by Crippen LogP contribution is 1.96. The lowest BCUT2D eigenvalue weighted by Gasteiger charge is -2.07. The van der Waals surface area contributed by atoms with E-state index in [1.54, 1.807) is 13.8 Å². The van der Waals surface area contributed by atoms with E-state index >= 15 is 0 Å². The topological polar surface area (TPSA) is 46.5 Å². The third-order valence-corrected chi connectivity index (χ3v) is 0.773. The largest absolute Gasteiger partial charge is 0.460 e. The minimum absolute atomic E-state index is 0.195. The van der Waals surface area contributed by atoms with Gasteiger partial charge < -0.3 is 9.84 Å². The first kappa shape index (κ1) is 8.78. The van der Waals surface area contributed by atoms with Gasteiger partial charge in [0.05, 0.1) is 6.10 Å². The van der Waals surface area contributed by atoms with Crippen molar-refractivity contribution < 1.29 is 14.6 Å². The Balaban J connectivity index is 3.51. The highest BCUT2D eigenvalue weighted by molar-refractivity contribution is 7.81. The SMILES string of the molecule is CC(C)OC(=O)C(O)S. The minimum Gasteiger partial charge on any atom is -0.460 e. The van der Waals surface area contributed by atoms with Crippen molar-refractivity contribution in [2.45, 2.75) is 25.4 Å². The lowest BCUT2D eigenvalue weighted by Crippen LogP contribution is -2.20. The first-order valence-corrected chi connectivity index (χ1v) is 3.12. The van der Waals surface area contributed by atoms with Gasteiger partial charge in [-0.05, 0) is 13.8 Å². The molecule has 0 heterocycles. The summed E-state index contributed by atoms with van der Waals surface area (Å²) in [5, 5.41) is 8.46. The van der Waals surface area contributed by atoms with Gasteiger partial charge in [0.1, 0.15) is 0 Å². The van der Waals surface area contributed by atoms with Crippen LogP contribution in [0.15, 0.2) is 0 Å². The monoisotopic (exact) mass is 150 g/mol. The number of aliphatic hydroxyl groups excluding tert-OH is 1. The Morgan fingerprint density at radius 1 is 1.67 bits per heavy atom. The molecule has 1 unspecified atom stereocenters. The normalized spacial score (nSPS) is 13.4. The summed E-state index contributed by atoms with van der Waals surface area (Å²) >= 11 is 3.45. The molecule has 0 amide bonds. The van der Waals surface area contributed by atoms with Crippen LogP contribution in [0.4, 0.5) is 0 Å². The van der Waals surface area contributed by atoms with Crippen LogP contribution < -0.4 is 0 Å².